The minimum Gasteiger partial charge on any atom is -0.303 e. The van der Waals surface area contributed by atoms with Gasteiger partial charge in [0.15, 0.2) is 0 Å². The third-order valence-corrected chi connectivity index (χ3v) is 2.90. The molecule has 0 aliphatic rings. The third kappa shape index (κ3) is 3.13. The molecule has 1 atom stereocenters. The molecule has 0 bridgehead atoms. The fraction of sp³-hybridized carbons (Fsp3) is 0.462. The van der Waals surface area contributed by atoms with Crippen LogP contribution in [0.3, 0.4) is 0 Å². The van der Waals surface area contributed by atoms with Crippen LogP contribution >= 0.6 is 0 Å². The summed E-state index contributed by atoms with van der Waals surface area (Å²) in [4.78, 5) is 8.30. The zero-order valence-corrected chi connectivity index (χ0v) is 10.9. The number of hydrogen-bond acceptors (Lipinski definition) is 4. The molecular formula is C13H19N5. The maximum Gasteiger partial charge on any atom is 0.140 e. The maximum absolute atomic E-state index is 4.28. The Hall–Kier alpha value is -1.75. The van der Waals surface area contributed by atoms with Gasteiger partial charge < -0.3 is 5.32 Å². The summed E-state index contributed by atoms with van der Waals surface area (Å²) in [5.74, 6) is 0.984. The van der Waals surface area contributed by atoms with Crippen molar-refractivity contribution in [3.63, 3.8) is 0 Å². The molecule has 0 radical (unpaired) electrons. The first kappa shape index (κ1) is 12.7. The average Bonchev–Trinajstić information content (AvgIpc) is 2.85. The first-order chi connectivity index (χ1) is 8.81. The lowest BCUT2D eigenvalue weighted by atomic mass is 10.1. The highest BCUT2D eigenvalue weighted by Crippen LogP contribution is 2.10. The molecule has 18 heavy (non-hydrogen) atoms. The van der Waals surface area contributed by atoms with Crippen LogP contribution in [0.1, 0.15) is 37.7 Å². The number of aryl methyl sites for hydroxylation is 1. The summed E-state index contributed by atoms with van der Waals surface area (Å²) in [6.07, 6.45) is 6.31. The van der Waals surface area contributed by atoms with E-state index in [4.69, 9.17) is 0 Å². The predicted molar refractivity (Wildman–Crippen MR) is 69.8 cm³/mol. The van der Waals surface area contributed by atoms with Crippen molar-refractivity contribution in [2.75, 3.05) is 0 Å². The lowest BCUT2D eigenvalue weighted by Gasteiger charge is -2.13. The van der Waals surface area contributed by atoms with E-state index in [1.807, 2.05) is 29.2 Å². The smallest absolute Gasteiger partial charge is 0.140 e. The molecule has 0 amide bonds. The molecule has 5 nitrogen and oxygen atoms in total. The van der Waals surface area contributed by atoms with E-state index in [9.17, 15) is 0 Å². The van der Waals surface area contributed by atoms with Crippen LogP contribution in [-0.2, 0) is 13.1 Å². The second-order valence-corrected chi connectivity index (χ2v) is 4.28. The average molecular weight is 245 g/mol. The number of aromatic nitrogens is 4. The molecule has 0 fully saturated rings. The number of nitrogens with zero attached hydrogens (tertiary/aromatic N) is 4. The summed E-state index contributed by atoms with van der Waals surface area (Å²) in [6, 6.07) is 4.32. The second-order valence-electron chi connectivity index (χ2n) is 4.28. The molecule has 2 aromatic heterocycles. The van der Waals surface area contributed by atoms with Crippen LogP contribution < -0.4 is 5.32 Å². The molecule has 0 aliphatic carbocycles. The van der Waals surface area contributed by atoms with Crippen LogP contribution in [0.25, 0.3) is 0 Å². The molecule has 2 rings (SSSR count). The highest BCUT2D eigenvalue weighted by Gasteiger charge is 2.07. The van der Waals surface area contributed by atoms with Crippen LogP contribution in [0.5, 0.6) is 0 Å². The van der Waals surface area contributed by atoms with Crippen molar-refractivity contribution < 1.29 is 0 Å². The maximum atomic E-state index is 4.28. The first-order valence-electron chi connectivity index (χ1n) is 6.31. The Morgan fingerprint density at radius 1 is 1.33 bits per heavy atom. The minimum atomic E-state index is 0.278. The lowest BCUT2D eigenvalue weighted by Crippen LogP contribution is -2.21. The van der Waals surface area contributed by atoms with Crippen molar-refractivity contribution in [1.82, 2.24) is 25.1 Å². The Morgan fingerprint density at radius 3 is 2.83 bits per heavy atom. The van der Waals surface area contributed by atoms with E-state index < -0.39 is 0 Å². The standard InChI is InChI=1S/C13H19N5/c1-3-8-18-13(16-10-17-18)9-15-11(2)12-4-6-14-7-5-12/h4-7,10-11,15H,3,8-9H2,1-2H3/t11-/m0/s1. The van der Waals surface area contributed by atoms with Gasteiger partial charge in [0.1, 0.15) is 12.2 Å². The van der Waals surface area contributed by atoms with Gasteiger partial charge in [-0.1, -0.05) is 6.92 Å². The minimum absolute atomic E-state index is 0.278. The fourth-order valence-corrected chi connectivity index (χ4v) is 1.84. The normalized spacial score (nSPS) is 12.6. The molecule has 0 aliphatic heterocycles. The molecule has 0 unspecified atom stereocenters. The Morgan fingerprint density at radius 2 is 2.11 bits per heavy atom. The van der Waals surface area contributed by atoms with Gasteiger partial charge in [-0.3, -0.25) is 4.98 Å². The van der Waals surface area contributed by atoms with Gasteiger partial charge >= 0.3 is 0 Å². The molecule has 2 heterocycles. The van der Waals surface area contributed by atoms with Gasteiger partial charge in [0, 0.05) is 25.0 Å². The van der Waals surface area contributed by atoms with E-state index in [0.29, 0.717) is 0 Å². The molecule has 2 aromatic rings. The second kappa shape index (κ2) is 6.26. The molecule has 1 N–H and O–H groups in total. The molecule has 0 saturated carbocycles. The van der Waals surface area contributed by atoms with Gasteiger partial charge in [0.2, 0.25) is 0 Å². The van der Waals surface area contributed by atoms with Gasteiger partial charge in [-0.15, -0.1) is 0 Å². The van der Waals surface area contributed by atoms with Gasteiger partial charge in [0.05, 0.1) is 6.54 Å². The number of hydrogen-bond donors (Lipinski definition) is 1. The summed E-state index contributed by atoms with van der Waals surface area (Å²) >= 11 is 0. The van der Waals surface area contributed by atoms with Crippen molar-refractivity contribution in [1.29, 1.82) is 0 Å². The summed E-state index contributed by atoms with van der Waals surface area (Å²) in [7, 11) is 0. The molecule has 0 spiro atoms. The van der Waals surface area contributed by atoms with Crippen molar-refractivity contribution in [2.24, 2.45) is 0 Å². The fourth-order valence-electron chi connectivity index (χ4n) is 1.84. The predicted octanol–water partition coefficient (Wildman–Crippen LogP) is 1.93. The quantitative estimate of drug-likeness (QED) is 0.845. The zero-order chi connectivity index (χ0) is 12.8. The summed E-state index contributed by atoms with van der Waals surface area (Å²) in [6.45, 7) is 5.92. The third-order valence-electron chi connectivity index (χ3n) is 2.90. The van der Waals surface area contributed by atoms with Gasteiger partial charge in [0.25, 0.3) is 0 Å². The largest absolute Gasteiger partial charge is 0.303 e. The Bertz CT molecular complexity index is 465. The van der Waals surface area contributed by atoms with E-state index in [0.717, 1.165) is 25.3 Å². The summed E-state index contributed by atoms with van der Waals surface area (Å²) in [5.41, 5.74) is 1.23. The molecular weight excluding hydrogens is 226 g/mol. The summed E-state index contributed by atoms with van der Waals surface area (Å²) < 4.78 is 1.95. The van der Waals surface area contributed by atoms with Gasteiger partial charge in [-0.25, -0.2) is 9.67 Å². The van der Waals surface area contributed by atoms with E-state index in [1.54, 1.807) is 6.33 Å². The van der Waals surface area contributed by atoms with E-state index in [-0.39, 0.29) is 6.04 Å². The highest BCUT2D eigenvalue weighted by atomic mass is 15.3. The number of pyridine rings is 1. The first-order valence-corrected chi connectivity index (χ1v) is 6.31. The molecule has 0 saturated heterocycles. The van der Waals surface area contributed by atoms with Gasteiger partial charge in [-0.05, 0) is 31.0 Å². The monoisotopic (exact) mass is 245 g/mol. The van der Waals surface area contributed by atoms with Crippen LogP contribution in [0.15, 0.2) is 30.9 Å². The Balaban J connectivity index is 1.93. The lowest BCUT2D eigenvalue weighted by molar-refractivity contribution is 0.509. The van der Waals surface area contributed by atoms with Crippen molar-refractivity contribution in [2.45, 2.75) is 39.4 Å². The van der Waals surface area contributed by atoms with E-state index in [2.05, 4.69) is 34.2 Å². The van der Waals surface area contributed by atoms with Crippen molar-refractivity contribution in [3.8, 4) is 0 Å². The number of rotatable bonds is 6. The van der Waals surface area contributed by atoms with E-state index in [1.165, 1.54) is 5.56 Å². The van der Waals surface area contributed by atoms with Crippen LogP contribution in [-0.4, -0.2) is 19.7 Å². The van der Waals surface area contributed by atoms with E-state index >= 15 is 0 Å². The van der Waals surface area contributed by atoms with Crippen molar-refractivity contribution >= 4 is 0 Å². The SMILES string of the molecule is CCCn1ncnc1CN[C@@H](C)c1ccncc1. The number of nitrogens with one attached hydrogen (secondary N) is 1. The zero-order valence-electron chi connectivity index (χ0n) is 10.9. The highest BCUT2D eigenvalue weighted by molar-refractivity contribution is 5.13. The molecule has 96 valence electrons. The van der Waals surface area contributed by atoms with Crippen LogP contribution in [0.2, 0.25) is 0 Å². The Kier molecular flexibility index (Phi) is 4.41. The molecule has 5 heteroatoms. The van der Waals surface area contributed by atoms with Crippen LogP contribution in [0, 0.1) is 0 Å². The van der Waals surface area contributed by atoms with Crippen LogP contribution in [0.4, 0.5) is 0 Å². The topological polar surface area (TPSA) is 55.6 Å². The van der Waals surface area contributed by atoms with Gasteiger partial charge in [-0.2, -0.15) is 5.10 Å². The van der Waals surface area contributed by atoms with Crippen molar-refractivity contribution in [3.05, 3.63) is 42.2 Å². The Labute approximate surface area is 107 Å². The summed E-state index contributed by atoms with van der Waals surface area (Å²) in [5, 5.41) is 7.66. The molecule has 0 aromatic carbocycles.